The molecule has 1 unspecified atom stereocenters. The van der Waals surface area contributed by atoms with Crippen LogP contribution in [-0.4, -0.2) is 46.5 Å². The predicted octanol–water partition coefficient (Wildman–Crippen LogP) is 4.03. The van der Waals surface area contributed by atoms with E-state index in [4.69, 9.17) is 4.74 Å². The Bertz CT molecular complexity index is 920. The van der Waals surface area contributed by atoms with E-state index in [2.05, 4.69) is 4.98 Å². The Morgan fingerprint density at radius 2 is 2.00 bits per heavy atom. The number of carbonyl (C=O) groups is 1. The van der Waals surface area contributed by atoms with Crippen molar-refractivity contribution >= 4 is 11.6 Å². The van der Waals surface area contributed by atoms with Gasteiger partial charge in [0.05, 0.1) is 11.3 Å². The number of carbonyl (C=O) groups excluding carboxylic acids is 1. The number of rotatable bonds is 5. The lowest BCUT2D eigenvalue weighted by Gasteiger charge is -2.35. The van der Waals surface area contributed by atoms with Gasteiger partial charge in [-0.3, -0.25) is 4.79 Å². The number of hydrogen-bond acceptors (Lipinski definition) is 3. The molecule has 3 heterocycles. The van der Waals surface area contributed by atoms with Crippen LogP contribution in [0.1, 0.15) is 36.0 Å². The Morgan fingerprint density at radius 3 is 2.81 bits per heavy atom. The van der Waals surface area contributed by atoms with Crippen LogP contribution in [-0.2, 0) is 4.74 Å². The first-order chi connectivity index (χ1) is 13.3. The first-order valence-electron chi connectivity index (χ1n) is 9.60. The van der Waals surface area contributed by atoms with Gasteiger partial charge >= 0.3 is 0 Å². The minimum atomic E-state index is 0.104. The molecule has 5 heteroatoms. The Labute approximate surface area is 159 Å². The van der Waals surface area contributed by atoms with Crippen LogP contribution in [0, 0.1) is 0 Å². The second kappa shape index (κ2) is 7.92. The number of hydrogen-bond donors (Lipinski definition) is 0. The maximum atomic E-state index is 13.1. The van der Waals surface area contributed by atoms with Crippen LogP contribution < -0.4 is 0 Å². The van der Waals surface area contributed by atoms with Crippen molar-refractivity contribution in [3.63, 3.8) is 0 Å². The number of pyridine rings is 1. The van der Waals surface area contributed by atoms with E-state index in [1.807, 2.05) is 64.2 Å². The molecule has 27 heavy (non-hydrogen) atoms. The summed E-state index contributed by atoms with van der Waals surface area (Å²) in [6.45, 7) is 1.51. The monoisotopic (exact) mass is 363 g/mol. The molecule has 0 aliphatic carbocycles. The fourth-order valence-electron chi connectivity index (χ4n) is 3.85. The number of benzene rings is 1. The first-order valence-corrected chi connectivity index (χ1v) is 9.60. The summed E-state index contributed by atoms with van der Waals surface area (Å²) < 4.78 is 7.18. The van der Waals surface area contributed by atoms with E-state index < -0.39 is 0 Å². The third kappa shape index (κ3) is 3.74. The lowest BCUT2D eigenvalue weighted by atomic mass is 9.98. The number of piperidine rings is 1. The van der Waals surface area contributed by atoms with Gasteiger partial charge in [-0.15, -0.1) is 0 Å². The quantitative estimate of drug-likeness (QED) is 0.687. The van der Waals surface area contributed by atoms with E-state index >= 15 is 0 Å². The van der Waals surface area contributed by atoms with Crippen molar-refractivity contribution in [2.24, 2.45) is 0 Å². The summed E-state index contributed by atoms with van der Waals surface area (Å²) in [5.41, 5.74) is 3.55. The van der Waals surface area contributed by atoms with Crippen LogP contribution in [0.4, 0.5) is 0 Å². The molecule has 0 saturated carbocycles. The molecular formula is C22H25N3O2. The number of amides is 1. The standard InChI is InChI=1S/C22H25N3O2/c1-27-14-12-19-9-5-6-13-25(19)22(26)18-10-11-21-23-20(16-24(21)15-18)17-7-3-2-4-8-17/h2-4,7-8,10-11,15-16,19H,5-6,9,12-14H2,1H3. The summed E-state index contributed by atoms with van der Waals surface area (Å²) in [6, 6.07) is 14.2. The van der Waals surface area contributed by atoms with Gasteiger partial charge in [0.15, 0.2) is 0 Å². The van der Waals surface area contributed by atoms with E-state index in [-0.39, 0.29) is 11.9 Å². The van der Waals surface area contributed by atoms with Gasteiger partial charge in [-0.1, -0.05) is 30.3 Å². The average Bonchev–Trinajstić information content (AvgIpc) is 3.16. The lowest BCUT2D eigenvalue weighted by Crippen LogP contribution is -2.44. The molecule has 1 aliphatic heterocycles. The molecule has 1 aromatic carbocycles. The van der Waals surface area contributed by atoms with Crippen molar-refractivity contribution in [3.8, 4) is 11.3 Å². The second-order valence-corrected chi connectivity index (χ2v) is 7.11. The third-order valence-electron chi connectivity index (χ3n) is 5.31. The molecule has 140 valence electrons. The molecule has 1 amide bonds. The van der Waals surface area contributed by atoms with Crippen molar-refractivity contribution in [1.29, 1.82) is 0 Å². The molecule has 0 spiro atoms. The minimum Gasteiger partial charge on any atom is -0.385 e. The van der Waals surface area contributed by atoms with Crippen molar-refractivity contribution in [1.82, 2.24) is 14.3 Å². The summed E-state index contributed by atoms with van der Waals surface area (Å²) >= 11 is 0. The van der Waals surface area contributed by atoms with E-state index in [1.54, 1.807) is 7.11 Å². The van der Waals surface area contributed by atoms with E-state index in [9.17, 15) is 4.79 Å². The molecule has 0 radical (unpaired) electrons. The molecule has 5 nitrogen and oxygen atoms in total. The molecule has 1 atom stereocenters. The van der Waals surface area contributed by atoms with Gasteiger partial charge in [0, 0.05) is 44.3 Å². The molecular weight excluding hydrogens is 338 g/mol. The van der Waals surface area contributed by atoms with Gasteiger partial charge in [0.1, 0.15) is 5.65 Å². The Morgan fingerprint density at radius 1 is 1.15 bits per heavy atom. The van der Waals surface area contributed by atoms with Crippen molar-refractivity contribution in [2.45, 2.75) is 31.7 Å². The second-order valence-electron chi connectivity index (χ2n) is 7.11. The number of aromatic nitrogens is 2. The van der Waals surface area contributed by atoms with Gasteiger partial charge in [0.2, 0.25) is 0 Å². The Balaban J connectivity index is 1.60. The Hall–Kier alpha value is -2.66. The predicted molar refractivity (Wildman–Crippen MR) is 106 cm³/mol. The molecule has 1 aliphatic rings. The Kier molecular flexibility index (Phi) is 5.21. The van der Waals surface area contributed by atoms with Crippen molar-refractivity contribution in [2.75, 3.05) is 20.3 Å². The van der Waals surface area contributed by atoms with Gasteiger partial charge in [-0.2, -0.15) is 0 Å². The summed E-state index contributed by atoms with van der Waals surface area (Å²) in [7, 11) is 1.71. The lowest BCUT2D eigenvalue weighted by molar-refractivity contribution is 0.0552. The van der Waals surface area contributed by atoms with Crippen LogP contribution in [0.25, 0.3) is 16.9 Å². The van der Waals surface area contributed by atoms with Gasteiger partial charge in [-0.05, 0) is 37.8 Å². The zero-order valence-corrected chi connectivity index (χ0v) is 15.7. The van der Waals surface area contributed by atoms with E-state index in [0.29, 0.717) is 12.2 Å². The van der Waals surface area contributed by atoms with Gasteiger partial charge < -0.3 is 14.0 Å². The summed E-state index contributed by atoms with van der Waals surface area (Å²) in [5, 5.41) is 0. The zero-order chi connectivity index (χ0) is 18.6. The number of ether oxygens (including phenoxy) is 1. The molecule has 3 aromatic rings. The molecule has 1 saturated heterocycles. The maximum Gasteiger partial charge on any atom is 0.255 e. The third-order valence-corrected chi connectivity index (χ3v) is 5.31. The average molecular weight is 363 g/mol. The summed E-state index contributed by atoms with van der Waals surface area (Å²) in [4.78, 5) is 19.8. The first kappa shape index (κ1) is 17.7. The van der Waals surface area contributed by atoms with Crippen LogP contribution >= 0.6 is 0 Å². The largest absolute Gasteiger partial charge is 0.385 e. The van der Waals surface area contributed by atoms with E-state index in [0.717, 1.165) is 42.7 Å². The topological polar surface area (TPSA) is 46.8 Å². The smallest absolute Gasteiger partial charge is 0.255 e. The maximum absolute atomic E-state index is 13.1. The number of imidazole rings is 1. The molecule has 2 aromatic heterocycles. The van der Waals surface area contributed by atoms with Gasteiger partial charge in [-0.25, -0.2) is 4.98 Å². The zero-order valence-electron chi connectivity index (χ0n) is 15.7. The summed E-state index contributed by atoms with van der Waals surface area (Å²) in [6.07, 6.45) is 8.09. The highest BCUT2D eigenvalue weighted by Crippen LogP contribution is 2.23. The van der Waals surface area contributed by atoms with Gasteiger partial charge in [0.25, 0.3) is 5.91 Å². The van der Waals surface area contributed by atoms with E-state index in [1.165, 1.54) is 6.42 Å². The van der Waals surface area contributed by atoms with Crippen LogP contribution in [0.3, 0.4) is 0 Å². The fourth-order valence-corrected chi connectivity index (χ4v) is 3.85. The molecule has 4 rings (SSSR count). The number of nitrogens with zero attached hydrogens (tertiary/aromatic N) is 3. The van der Waals surface area contributed by atoms with Crippen LogP contribution in [0.5, 0.6) is 0 Å². The fraction of sp³-hybridized carbons (Fsp3) is 0.364. The molecule has 0 N–H and O–H groups in total. The van der Waals surface area contributed by atoms with Crippen molar-refractivity contribution < 1.29 is 9.53 Å². The number of fused-ring (bicyclic) bond motifs is 1. The SMILES string of the molecule is COCCC1CCCCN1C(=O)c1ccc2nc(-c3ccccc3)cn2c1. The van der Waals surface area contributed by atoms with Crippen LogP contribution in [0.2, 0.25) is 0 Å². The van der Waals surface area contributed by atoms with Crippen molar-refractivity contribution in [3.05, 3.63) is 60.4 Å². The highest BCUT2D eigenvalue weighted by atomic mass is 16.5. The number of likely N-dealkylation sites (tertiary alicyclic amines) is 1. The summed E-state index contributed by atoms with van der Waals surface area (Å²) in [5.74, 6) is 0.104. The molecule has 0 bridgehead atoms. The highest BCUT2D eigenvalue weighted by molar-refractivity contribution is 5.94. The normalized spacial score (nSPS) is 17.4. The number of methoxy groups -OCH3 is 1. The minimum absolute atomic E-state index is 0.104. The molecule has 1 fully saturated rings. The van der Waals surface area contributed by atoms with Crippen LogP contribution in [0.15, 0.2) is 54.9 Å². The highest BCUT2D eigenvalue weighted by Gasteiger charge is 2.27.